The van der Waals surface area contributed by atoms with Crippen molar-refractivity contribution in [2.45, 2.75) is 0 Å². The van der Waals surface area contributed by atoms with Gasteiger partial charge in [0.05, 0.1) is 16.8 Å². The molecule has 0 spiro atoms. The Balaban J connectivity index is 1.69. The minimum atomic E-state index is -0.806. The Hall–Kier alpha value is -4.65. The van der Waals surface area contributed by atoms with E-state index in [9.17, 15) is 19.5 Å². The van der Waals surface area contributed by atoms with Gasteiger partial charge in [-0.15, -0.1) is 10.2 Å². The van der Waals surface area contributed by atoms with Gasteiger partial charge in [-0.1, -0.05) is 60.7 Å². The van der Waals surface area contributed by atoms with Crippen molar-refractivity contribution in [3.05, 3.63) is 101 Å². The quantitative estimate of drug-likeness (QED) is 0.405. The summed E-state index contributed by atoms with van der Waals surface area (Å²) >= 11 is 0. The zero-order valence-electron chi connectivity index (χ0n) is 16.6. The molecule has 32 heavy (non-hydrogen) atoms. The average Bonchev–Trinajstić information content (AvgIpc) is 2.81. The Labute approximate surface area is 181 Å². The highest BCUT2D eigenvalue weighted by molar-refractivity contribution is 6.30. The van der Waals surface area contributed by atoms with Gasteiger partial charge in [-0.05, 0) is 17.5 Å². The van der Waals surface area contributed by atoms with Gasteiger partial charge in [0.1, 0.15) is 5.69 Å². The fourth-order valence-electron chi connectivity index (χ4n) is 3.92. The SMILES string of the molecule is NC(=O)c1cc2ccccc2c(N=Nc2cccc3c2C(=O)c2ccccc2C3=O)c1O. The van der Waals surface area contributed by atoms with Gasteiger partial charge in [0.15, 0.2) is 17.3 Å². The number of hydrogen-bond acceptors (Lipinski definition) is 6. The minimum absolute atomic E-state index is 0.0458. The van der Waals surface area contributed by atoms with Crippen molar-refractivity contribution in [3.8, 4) is 5.75 Å². The Kier molecular flexibility index (Phi) is 4.37. The molecule has 4 aromatic carbocycles. The van der Waals surface area contributed by atoms with E-state index in [1.807, 2.05) is 0 Å². The summed E-state index contributed by atoms with van der Waals surface area (Å²) in [5, 5.41) is 20.2. The molecule has 1 aliphatic rings. The van der Waals surface area contributed by atoms with E-state index >= 15 is 0 Å². The third-order valence-corrected chi connectivity index (χ3v) is 5.45. The van der Waals surface area contributed by atoms with E-state index in [0.29, 0.717) is 21.9 Å². The molecule has 1 amide bonds. The predicted molar refractivity (Wildman–Crippen MR) is 118 cm³/mol. The maximum absolute atomic E-state index is 13.1. The molecule has 1 aliphatic carbocycles. The summed E-state index contributed by atoms with van der Waals surface area (Å²) in [5.74, 6) is -1.81. The lowest BCUT2D eigenvalue weighted by Gasteiger charge is -2.18. The van der Waals surface area contributed by atoms with Crippen LogP contribution in [0.3, 0.4) is 0 Å². The molecule has 0 unspecified atom stereocenters. The zero-order valence-corrected chi connectivity index (χ0v) is 16.6. The molecule has 0 radical (unpaired) electrons. The zero-order chi connectivity index (χ0) is 22.4. The Morgan fingerprint density at radius 1 is 0.781 bits per heavy atom. The molecule has 5 rings (SSSR count). The predicted octanol–water partition coefficient (Wildman–Crippen LogP) is 4.84. The first kappa shape index (κ1) is 19.3. The largest absolute Gasteiger partial charge is 0.505 e. The minimum Gasteiger partial charge on any atom is -0.505 e. The van der Waals surface area contributed by atoms with Gasteiger partial charge in [-0.2, -0.15) is 0 Å². The topological polar surface area (TPSA) is 122 Å². The van der Waals surface area contributed by atoms with Gasteiger partial charge in [-0.25, -0.2) is 0 Å². The monoisotopic (exact) mass is 421 g/mol. The molecule has 0 bridgehead atoms. The van der Waals surface area contributed by atoms with Gasteiger partial charge in [0.2, 0.25) is 0 Å². The molecule has 0 fully saturated rings. The summed E-state index contributed by atoms with van der Waals surface area (Å²) in [6.07, 6.45) is 0. The molecule has 3 N–H and O–H groups in total. The molecule has 0 heterocycles. The van der Waals surface area contributed by atoms with Crippen molar-refractivity contribution in [1.29, 1.82) is 0 Å². The van der Waals surface area contributed by atoms with Gasteiger partial charge < -0.3 is 10.8 Å². The summed E-state index contributed by atoms with van der Waals surface area (Å²) in [6.45, 7) is 0. The second-order valence-corrected chi connectivity index (χ2v) is 7.31. The summed E-state index contributed by atoms with van der Waals surface area (Å²) in [5.41, 5.74) is 6.57. The van der Waals surface area contributed by atoms with E-state index < -0.39 is 11.7 Å². The number of primary amides is 1. The van der Waals surface area contributed by atoms with Crippen molar-refractivity contribution in [2.75, 3.05) is 0 Å². The smallest absolute Gasteiger partial charge is 0.252 e. The van der Waals surface area contributed by atoms with Crippen LogP contribution in [0, 0.1) is 0 Å². The Bertz CT molecular complexity index is 1500. The van der Waals surface area contributed by atoms with Crippen molar-refractivity contribution in [2.24, 2.45) is 16.0 Å². The van der Waals surface area contributed by atoms with Crippen LogP contribution in [0.4, 0.5) is 11.4 Å². The number of phenols is 1. The number of azo groups is 1. The maximum Gasteiger partial charge on any atom is 0.252 e. The molecule has 0 saturated heterocycles. The van der Waals surface area contributed by atoms with Crippen LogP contribution in [0.2, 0.25) is 0 Å². The van der Waals surface area contributed by atoms with E-state index in [1.165, 1.54) is 6.07 Å². The maximum atomic E-state index is 13.1. The number of aromatic hydroxyl groups is 1. The third kappa shape index (κ3) is 2.87. The lowest BCUT2D eigenvalue weighted by atomic mass is 9.83. The van der Waals surface area contributed by atoms with Crippen LogP contribution in [-0.2, 0) is 0 Å². The lowest BCUT2D eigenvalue weighted by Crippen LogP contribution is -2.20. The first-order valence-electron chi connectivity index (χ1n) is 9.75. The third-order valence-electron chi connectivity index (χ3n) is 5.45. The fraction of sp³-hybridized carbons (Fsp3) is 0. The summed E-state index contributed by atoms with van der Waals surface area (Å²) < 4.78 is 0. The van der Waals surface area contributed by atoms with Crippen molar-refractivity contribution >= 4 is 39.6 Å². The van der Waals surface area contributed by atoms with E-state index in [4.69, 9.17) is 5.73 Å². The van der Waals surface area contributed by atoms with Crippen molar-refractivity contribution in [1.82, 2.24) is 0 Å². The van der Waals surface area contributed by atoms with Crippen molar-refractivity contribution in [3.63, 3.8) is 0 Å². The Morgan fingerprint density at radius 2 is 1.44 bits per heavy atom. The van der Waals surface area contributed by atoms with Crippen LogP contribution in [0.1, 0.15) is 42.2 Å². The standard InChI is InChI=1S/C25H15N3O4/c26-25(32)18-12-13-6-1-2-7-14(13)21(24(18)31)28-27-19-11-5-10-17-20(19)23(30)16-9-4-3-8-15(16)22(17)29/h1-12,31H,(H2,26,32). The molecule has 0 atom stereocenters. The van der Waals surface area contributed by atoms with Gasteiger partial charge in [0, 0.05) is 22.1 Å². The first-order valence-corrected chi connectivity index (χ1v) is 9.75. The molecule has 154 valence electrons. The number of ketones is 2. The van der Waals surface area contributed by atoms with Gasteiger partial charge in [-0.3, -0.25) is 14.4 Å². The summed E-state index contributed by atoms with van der Waals surface area (Å²) in [4.78, 5) is 37.8. The van der Waals surface area contributed by atoms with Crippen LogP contribution in [0.25, 0.3) is 10.8 Å². The number of amides is 1. The second-order valence-electron chi connectivity index (χ2n) is 7.31. The van der Waals surface area contributed by atoms with E-state index in [0.717, 1.165) is 0 Å². The van der Waals surface area contributed by atoms with E-state index in [2.05, 4.69) is 10.2 Å². The summed E-state index contributed by atoms with van der Waals surface area (Å²) in [7, 11) is 0. The first-order chi connectivity index (χ1) is 15.5. The highest BCUT2D eigenvalue weighted by atomic mass is 16.3. The number of fused-ring (bicyclic) bond motifs is 3. The fourth-order valence-corrected chi connectivity index (χ4v) is 3.92. The highest BCUT2D eigenvalue weighted by Crippen LogP contribution is 2.40. The summed E-state index contributed by atoms with van der Waals surface area (Å²) in [6, 6.07) is 19.9. The lowest BCUT2D eigenvalue weighted by molar-refractivity contribution is 0.0979. The number of rotatable bonds is 3. The van der Waals surface area contributed by atoms with Crippen LogP contribution < -0.4 is 5.73 Å². The molecule has 4 aromatic rings. The number of hydrogen-bond donors (Lipinski definition) is 2. The highest BCUT2D eigenvalue weighted by Gasteiger charge is 2.31. The number of carbonyl (C=O) groups excluding carboxylic acids is 3. The number of carbonyl (C=O) groups is 3. The molecule has 7 heteroatoms. The van der Waals surface area contributed by atoms with Gasteiger partial charge in [0.25, 0.3) is 5.91 Å². The van der Waals surface area contributed by atoms with E-state index in [-0.39, 0.29) is 39.6 Å². The molecule has 0 saturated carbocycles. The van der Waals surface area contributed by atoms with Crippen molar-refractivity contribution < 1.29 is 19.5 Å². The average molecular weight is 421 g/mol. The normalized spacial score (nSPS) is 12.8. The van der Waals surface area contributed by atoms with Crippen LogP contribution in [0.15, 0.2) is 83.0 Å². The van der Waals surface area contributed by atoms with Crippen LogP contribution >= 0.6 is 0 Å². The molecular formula is C25H15N3O4. The molecule has 0 aromatic heterocycles. The number of nitrogens with two attached hydrogens (primary N) is 1. The molecular weight excluding hydrogens is 406 g/mol. The Morgan fingerprint density at radius 3 is 2.19 bits per heavy atom. The van der Waals surface area contributed by atoms with Gasteiger partial charge >= 0.3 is 0 Å². The molecule has 7 nitrogen and oxygen atoms in total. The van der Waals surface area contributed by atoms with Crippen LogP contribution in [-0.4, -0.2) is 22.6 Å². The van der Waals surface area contributed by atoms with E-state index in [1.54, 1.807) is 66.7 Å². The second kappa shape index (κ2) is 7.24. The van der Waals surface area contributed by atoms with Crippen LogP contribution in [0.5, 0.6) is 5.75 Å². The number of benzene rings is 4. The molecule has 0 aliphatic heterocycles. The number of nitrogens with zero attached hydrogens (tertiary/aromatic N) is 2.